The molecule has 0 aliphatic carbocycles. The third kappa shape index (κ3) is 3.56. The number of methoxy groups -OCH3 is 1. The fourth-order valence-electron chi connectivity index (χ4n) is 2.83. The van der Waals surface area contributed by atoms with Crippen LogP contribution in [0.4, 0.5) is 8.78 Å². The molecule has 0 bridgehead atoms. The van der Waals surface area contributed by atoms with Crippen molar-refractivity contribution in [3.05, 3.63) is 75.3 Å². The van der Waals surface area contributed by atoms with Crippen LogP contribution in [0.15, 0.2) is 41.2 Å². The maximum atomic E-state index is 13.9. The maximum absolute atomic E-state index is 13.9. The van der Waals surface area contributed by atoms with Crippen LogP contribution < -0.4 is 5.56 Å². The monoisotopic (exact) mass is 374 g/mol. The first-order valence-corrected chi connectivity index (χ1v) is 8.04. The molecule has 0 aliphatic rings. The van der Waals surface area contributed by atoms with Crippen molar-refractivity contribution in [3.63, 3.8) is 0 Å². The molecule has 0 spiro atoms. The second-order valence-electron chi connectivity index (χ2n) is 5.98. The molecule has 1 aromatic heterocycles. The Labute approximate surface area is 152 Å². The number of aliphatic hydroxyl groups is 1. The molecule has 140 valence electrons. The molecule has 1 N–H and O–H groups in total. The molecule has 0 saturated heterocycles. The van der Waals surface area contributed by atoms with E-state index in [1.807, 2.05) is 0 Å². The number of hydrogen-bond acceptors (Lipinski definition) is 5. The number of benzene rings is 2. The summed E-state index contributed by atoms with van der Waals surface area (Å²) in [4.78, 5) is 28.7. The standard InChI is InChI=1S/C19H16F2N2O4/c1-10-22-16-7-11(19(26)27-2)3-5-14(16)18(25)23(10)9-17(24)13-6-4-12(20)8-15(13)21/h3-8,17,24H,9H2,1-2H3/t17-/m1/s1. The van der Waals surface area contributed by atoms with Crippen LogP contribution in [-0.4, -0.2) is 27.7 Å². The van der Waals surface area contributed by atoms with Gasteiger partial charge in [0.25, 0.3) is 5.56 Å². The lowest BCUT2D eigenvalue weighted by Crippen LogP contribution is -2.27. The Kier molecular flexibility index (Phi) is 5.00. The Morgan fingerprint density at radius 1 is 1.26 bits per heavy atom. The summed E-state index contributed by atoms with van der Waals surface area (Å²) in [7, 11) is 1.25. The lowest BCUT2D eigenvalue weighted by atomic mass is 10.1. The van der Waals surface area contributed by atoms with Crippen LogP contribution in [0.5, 0.6) is 0 Å². The Bertz CT molecular complexity index is 1090. The number of aromatic nitrogens is 2. The number of carbonyl (C=O) groups is 1. The third-order valence-electron chi connectivity index (χ3n) is 4.24. The van der Waals surface area contributed by atoms with Crippen molar-refractivity contribution in [1.29, 1.82) is 0 Å². The van der Waals surface area contributed by atoms with Gasteiger partial charge in [0.2, 0.25) is 0 Å². The zero-order valence-corrected chi connectivity index (χ0v) is 14.6. The lowest BCUT2D eigenvalue weighted by molar-refractivity contribution is 0.0601. The van der Waals surface area contributed by atoms with Gasteiger partial charge < -0.3 is 9.84 Å². The zero-order valence-electron chi connectivity index (χ0n) is 14.6. The quantitative estimate of drug-likeness (QED) is 0.710. The van der Waals surface area contributed by atoms with E-state index >= 15 is 0 Å². The number of aryl methyl sites for hydroxylation is 1. The fraction of sp³-hybridized carbons (Fsp3) is 0.211. The molecular weight excluding hydrogens is 358 g/mol. The number of aliphatic hydroxyl groups excluding tert-OH is 1. The van der Waals surface area contributed by atoms with Crippen LogP contribution in [0.2, 0.25) is 0 Å². The highest BCUT2D eigenvalue weighted by atomic mass is 19.1. The van der Waals surface area contributed by atoms with Crippen molar-refractivity contribution in [1.82, 2.24) is 9.55 Å². The molecule has 0 amide bonds. The Morgan fingerprint density at radius 3 is 2.67 bits per heavy atom. The largest absolute Gasteiger partial charge is 0.465 e. The molecule has 3 aromatic rings. The number of fused-ring (bicyclic) bond motifs is 1. The Morgan fingerprint density at radius 2 is 2.00 bits per heavy atom. The van der Waals surface area contributed by atoms with Gasteiger partial charge in [-0.1, -0.05) is 6.07 Å². The van der Waals surface area contributed by atoms with E-state index in [4.69, 9.17) is 0 Å². The normalized spacial score (nSPS) is 12.2. The summed E-state index contributed by atoms with van der Waals surface area (Å²) in [5, 5.41) is 10.5. The number of carbonyl (C=O) groups excluding carboxylic acids is 1. The Balaban J connectivity index is 2.02. The molecule has 2 aromatic carbocycles. The summed E-state index contributed by atoms with van der Waals surface area (Å²) in [6.07, 6.45) is -1.37. The summed E-state index contributed by atoms with van der Waals surface area (Å²) in [5.74, 6) is -1.94. The highest BCUT2D eigenvalue weighted by Gasteiger charge is 2.18. The molecular formula is C19H16F2N2O4. The SMILES string of the molecule is COC(=O)c1ccc2c(=O)n(C[C@@H](O)c3ccc(F)cc3F)c(C)nc2c1. The topological polar surface area (TPSA) is 81.4 Å². The Hall–Kier alpha value is -3.13. The number of esters is 1. The van der Waals surface area contributed by atoms with Crippen LogP contribution in [0.25, 0.3) is 10.9 Å². The van der Waals surface area contributed by atoms with E-state index < -0.39 is 29.3 Å². The van der Waals surface area contributed by atoms with Gasteiger partial charge >= 0.3 is 5.97 Å². The van der Waals surface area contributed by atoms with Crippen molar-refractivity contribution >= 4 is 16.9 Å². The summed E-state index contributed by atoms with van der Waals surface area (Å²) in [5.41, 5.74) is -0.0131. The van der Waals surface area contributed by atoms with Gasteiger partial charge in [-0.2, -0.15) is 0 Å². The number of halogens is 2. The maximum Gasteiger partial charge on any atom is 0.337 e. The average Bonchev–Trinajstić information content (AvgIpc) is 2.63. The van der Waals surface area contributed by atoms with Crippen molar-refractivity contribution < 1.29 is 23.4 Å². The number of rotatable bonds is 4. The summed E-state index contributed by atoms with van der Waals surface area (Å²) in [6, 6.07) is 7.15. The van der Waals surface area contributed by atoms with Crippen LogP contribution in [-0.2, 0) is 11.3 Å². The van der Waals surface area contributed by atoms with Gasteiger partial charge in [-0.05, 0) is 31.2 Å². The zero-order chi connectivity index (χ0) is 19.7. The number of ether oxygens (including phenoxy) is 1. The average molecular weight is 374 g/mol. The molecule has 8 heteroatoms. The van der Waals surface area contributed by atoms with Crippen molar-refractivity contribution in [2.24, 2.45) is 0 Å². The molecule has 0 fully saturated rings. The summed E-state index contributed by atoms with van der Waals surface area (Å²) >= 11 is 0. The van der Waals surface area contributed by atoms with Gasteiger partial charge in [0.1, 0.15) is 17.5 Å². The number of hydrogen-bond donors (Lipinski definition) is 1. The van der Waals surface area contributed by atoms with Crippen molar-refractivity contribution in [2.75, 3.05) is 7.11 Å². The lowest BCUT2D eigenvalue weighted by Gasteiger charge is -2.16. The number of nitrogens with zero attached hydrogens (tertiary/aromatic N) is 2. The van der Waals surface area contributed by atoms with Crippen LogP contribution >= 0.6 is 0 Å². The smallest absolute Gasteiger partial charge is 0.337 e. The minimum absolute atomic E-state index is 0.121. The minimum Gasteiger partial charge on any atom is -0.465 e. The van der Waals surface area contributed by atoms with Crippen molar-refractivity contribution in [2.45, 2.75) is 19.6 Å². The molecule has 1 atom stereocenters. The van der Waals surface area contributed by atoms with E-state index in [0.717, 1.165) is 12.1 Å². The van der Waals surface area contributed by atoms with Gasteiger partial charge in [-0.3, -0.25) is 9.36 Å². The van der Waals surface area contributed by atoms with E-state index in [2.05, 4.69) is 9.72 Å². The predicted octanol–water partition coefficient (Wildman–Crippen LogP) is 2.50. The van der Waals surface area contributed by atoms with Crippen LogP contribution in [0, 0.1) is 18.6 Å². The second-order valence-corrected chi connectivity index (χ2v) is 5.98. The predicted molar refractivity (Wildman–Crippen MR) is 93.4 cm³/mol. The van der Waals surface area contributed by atoms with E-state index in [1.54, 1.807) is 6.92 Å². The third-order valence-corrected chi connectivity index (χ3v) is 4.24. The van der Waals surface area contributed by atoms with Gasteiger partial charge in [0.15, 0.2) is 0 Å². The van der Waals surface area contributed by atoms with Crippen molar-refractivity contribution in [3.8, 4) is 0 Å². The van der Waals surface area contributed by atoms with E-state index in [0.29, 0.717) is 11.6 Å². The first kappa shape index (κ1) is 18.7. The molecule has 3 rings (SSSR count). The van der Waals surface area contributed by atoms with E-state index in [-0.39, 0.29) is 28.9 Å². The summed E-state index contributed by atoms with van der Waals surface area (Å²) in [6.45, 7) is 1.30. The van der Waals surface area contributed by atoms with Crippen LogP contribution in [0.3, 0.4) is 0 Å². The molecule has 1 heterocycles. The molecule has 6 nitrogen and oxygen atoms in total. The van der Waals surface area contributed by atoms with E-state index in [9.17, 15) is 23.5 Å². The van der Waals surface area contributed by atoms with Crippen LogP contribution in [0.1, 0.15) is 27.8 Å². The fourth-order valence-corrected chi connectivity index (χ4v) is 2.83. The minimum atomic E-state index is -1.37. The molecule has 0 saturated carbocycles. The van der Waals surface area contributed by atoms with Gasteiger partial charge in [-0.15, -0.1) is 0 Å². The molecule has 27 heavy (non-hydrogen) atoms. The molecule has 0 radical (unpaired) electrons. The second kappa shape index (κ2) is 7.24. The van der Waals surface area contributed by atoms with Gasteiger partial charge in [-0.25, -0.2) is 18.6 Å². The molecule has 0 aliphatic heterocycles. The highest BCUT2D eigenvalue weighted by Crippen LogP contribution is 2.20. The molecule has 0 unspecified atom stereocenters. The highest BCUT2D eigenvalue weighted by molar-refractivity contribution is 5.94. The van der Waals surface area contributed by atoms with E-state index in [1.165, 1.54) is 29.9 Å². The summed E-state index contributed by atoms with van der Waals surface area (Å²) < 4.78 is 32.7. The first-order chi connectivity index (χ1) is 12.8. The van der Waals surface area contributed by atoms with Gasteiger partial charge in [0.05, 0.1) is 36.2 Å². The first-order valence-electron chi connectivity index (χ1n) is 8.04. The van der Waals surface area contributed by atoms with Gasteiger partial charge in [0, 0.05) is 11.6 Å².